The number of hydrogen-bond acceptors (Lipinski definition) is 1. The van der Waals surface area contributed by atoms with Crippen LogP contribution in [-0.4, -0.2) is 9.71 Å². The van der Waals surface area contributed by atoms with Crippen LogP contribution in [0.4, 0.5) is 0 Å². The first-order chi connectivity index (χ1) is 10.9. The third kappa shape index (κ3) is 2.33. The van der Waals surface area contributed by atoms with Crippen LogP contribution in [0.5, 0.6) is 0 Å². The third-order valence-electron chi connectivity index (χ3n) is 8.59. The van der Waals surface area contributed by atoms with Gasteiger partial charge in [0, 0.05) is 10.3 Å². The zero-order valence-corrected chi connectivity index (χ0v) is 17.1. The Hall–Kier alpha value is 0.140. The number of ketones is 1. The Morgan fingerprint density at radius 2 is 1.87 bits per heavy atom. The number of hydrogen-bond donors (Lipinski definition) is 0. The van der Waals surface area contributed by atoms with E-state index < -0.39 is 0 Å². The molecule has 23 heavy (non-hydrogen) atoms. The number of carbonyl (C=O) groups excluding carboxylic acids is 1. The predicted molar refractivity (Wildman–Crippen MR) is 104 cm³/mol. The molecule has 0 spiro atoms. The second-order valence-electron chi connectivity index (χ2n) is 9.37. The maximum absolute atomic E-state index is 11.9. The summed E-state index contributed by atoms with van der Waals surface area (Å²) in [4.78, 5) is 11.9. The molecule has 0 aliphatic heterocycles. The highest BCUT2D eigenvalue weighted by atomic mass is 127. The van der Waals surface area contributed by atoms with Crippen LogP contribution >= 0.6 is 22.6 Å². The molecule has 3 saturated carbocycles. The first-order valence-corrected chi connectivity index (χ1v) is 11.0. The zero-order chi connectivity index (χ0) is 16.4. The van der Waals surface area contributed by atoms with E-state index in [1.54, 1.807) is 0 Å². The molecule has 0 radical (unpaired) electrons. The highest BCUT2D eigenvalue weighted by Gasteiger charge is 2.59. The molecule has 0 bridgehead atoms. The topological polar surface area (TPSA) is 17.1 Å². The minimum absolute atomic E-state index is 0.339. The van der Waals surface area contributed by atoms with Crippen molar-refractivity contribution in [1.29, 1.82) is 0 Å². The second-order valence-corrected chi connectivity index (χ2v) is 11.3. The van der Waals surface area contributed by atoms with Crippen LogP contribution in [0.25, 0.3) is 0 Å². The van der Waals surface area contributed by atoms with E-state index in [9.17, 15) is 4.79 Å². The first-order valence-electron chi connectivity index (χ1n) is 9.74. The van der Waals surface area contributed by atoms with Crippen molar-refractivity contribution in [3.63, 3.8) is 0 Å². The van der Waals surface area contributed by atoms with Gasteiger partial charge in [-0.25, -0.2) is 0 Å². The van der Waals surface area contributed by atoms with Gasteiger partial charge in [0.1, 0.15) is 0 Å². The Morgan fingerprint density at radius 1 is 1.09 bits per heavy atom. The van der Waals surface area contributed by atoms with Gasteiger partial charge in [0.15, 0.2) is 5.78 Å². The van der Waals surface area contributed by atoms with E-state index >= 15 is 0 Å². The molecule has 3 fully saturated rings. The predicted octanol–water partition coefficient (Wildman–Crippen LogP) is 5.96. The number of allylic oxidation sites excluding steroid dienone is 1. The lowest BCUT2D eigenvalue weighted by atomic mass is 9.47. The maximum atomic E-state index is 11.9. The largest absolute Gasteiger partial charge is 0.295 e. The Kier molecular flexibility index (Phi) is 4.02. The fourth-order valence-electron chi connectivity index (χ4n) is 7.35. The minimum Gasteiger partial charge on any atom is -0.295 e. The first kappa shape index (κ1) is 16.6. The Balaban J connectivity index is 1.66. The monoisotopic (exact) mass is 426 g/mol. The van der Waals surface area contributed by atoms with E-state index in [0.29, 0.717) is 16.6 Å². The van der Waals surface area contributed by atoms with Gasteiger partial charge in [0.25, 0.3) is 0 Å². The molecular formula is C21H31IO. The van der Waals surface area contributed by atoms with Crippen LogP contribution in [0.2, 0.25) is 0 Å². The molecule has 0 heterocycles. The van der Waals surface area contributed by atoms with Gasteiger partial charge in [-0.3, -0.25) is 4.79 Å². The smallest absolute Gasteiger partial charge is 0.155 e. The third-order valence-corrected chi connectivity index (χ3v) is 9.46. The van der Waals surface area contributed by atoms with Gasteiger partial charge in [-0.15, -0.1) is 0 Å². The van der Waals surface area contributed by atoms with E-state index in [0.717, 1.165) is 40.4 Å². The van der Waals surface area contributed by atoms with Gasteiger partial charge in [0.2, 0.25) is 0 Å². The maximum Gasteiger partial charge on any atom is 0.155 e. The molecule has 1 nitrogen and oxygen atoms in total. The molecule has 4 aliphatic rings. The summed E-state index contributed by atoms with van der Waals surface area (Å²) in [6, 6.07) is 0. The molecule has 0 aromatic heterocycles. The summed E-state index contributed by atoms with van der Waals surface area (Å²) in [5.74, 6) is 4.02. The zero-order valence-electron chi connectivity index (χ0n) is 14.9. The second kappa shape index (κ2) is 5.57. The lowest BCUT2D eigenvalue weighted by Crippen LogP contribution is -2.51. The van der Waals surface area contributed by atoms with Crippen LogP contribution in [0.3, 0.4) is 0 Å². The van der Waals surface area contributed by atoms with Gasteiger partial charge >= 0.3 is 0 Å². The van der Waals surface area contributed by atoms with E-state index in [1.807, 2.05) is 6.08 Å². The molecule has 0 amide bonds. The molecule has 2 heteroatoms. The molecule has 0 N–H and O–H groups in total. The Morgan fingerprint density at radius 3 is 2.61 bits per heavy atom. The number of rotatable bonds is 1. The molecule has 0 saturated heterocycles. The van der Waals surface area contributed by atoms with E-state index in [2.05, 4.69) is 43.4 Å². The van der Waals surface area contributed by atoms with Crippen molar-refractivity contribution < 1.29 is 4.79 Å². The highest BCUT2D eigenvalue weighted by Crippen LogP contribution is 2.67. The minimum atomic E-state index is 0.339. The van der Waals surface area contributed by atoms with Crippen LogP contribution in [0.15, 0.2) is 11.6 Å². The fourth-order valence-corrected chi connectivity index (χ4v) is 8.54. The summed E-state index contributed by atoms with van der Waals surface area (Å²) in [5, 5.41) is 0. The van der Waals surface area contributed by atoms with Crippen LogP contribution in [0, 0.1) is 34.5 Å². The molecule has 4 rings (SSSR count). The molecule has 0 aromatic carbocycles. The van der Waals surface area contributed by atoms with Crippen molar-refractivity contribution >= 4 is 28.4 Å². The van der Waals surface area contributed by atoms with E-state index in [1.165, 1.54) is 44.1 Å². The number of alkyl halides is 1. The van der Waals surface area contributed by atoms with Gasteiger partial charge in [0.05, 0.1) is 0 Å². The normalized spacial score (nSPS) is 50.6. The van der Waals surface area contributed by atoms with Crippen LogP contribution < -0.4 is 0 Å². The highest BCUT2D eigenvalue weighted by molar-refractivity contribution is 14.1. The average Bonchev–Trinajstić information content (AvgIpc) is 2.85. The summed E-state index contributed by atoms with van der Waals surface area (Å²) < 4.78 is 0.807. The van der Waals surface area contributed by atoms with Gasteiger partial charge in [-0.05, 0) is 85.5 Å². The quantitative estimate of drug-likeness (QED) is 0.374. The van der Waals surface area contributed by atoms with Crippen molar-refractivity contribution in [2.45, 2.75) is 76.1 Å². The number of halogens is 1. The fraction of sp³-hybridized carbons (Fsp3) is 0.857. The van der Waals surface area contributed by atoms with Crippen molar-refractivity contribution in [3.8, 4) is 0 Å². The van der Waals surface area contributed by atoms with E-state index in [-0.39, 0.29) is 0 Å². The van der Waals surface area contributed by atoms with Crippen LogP contribution in [-0.2, 0) is 4.79 Å². The summed E-state index contributed by atoms with van der Waals surface area (Å²) in [6.07, 6.45) is 12.2. The number of carbonyl (C=O) groups is 1. The SMILES string of the molecule is CC(I)C1CCC2C3CCC4=CC(=O)CCC4(C)C3CCC12C. The summed E-state index contributed by atoms with van der Waals surface area (Å²) in [7, 11) is 0. The molecule has 0 aromatic rings. The summed E-state index contributed by atoms with van der Waals surface area (Å²) in [6.45, 7) is 7.55. The summed E-state index contributed by atoms with van der Waals surface area (Å²) >= 11 is 2.68. The molecular weight excluding hydrogens is 395 g/mol. The summed E-state index contributed by atoms with van der Waals surface area (Å²) in [5.41, 5.74) is 2.44. The lowest BCUT2D eigenvalue weighted by Gasteiger charge is -2.58. The van der Waals surface area contributed by atoms with E-state index in [4.69, 9.17) is 0 Å². The van der Waals surface area contributed by atoms with Crippen molar-refractivity contribution in [2.75, 3.05) is 0 Å². The van der Waals surface area contributed by atoms with Crippen molar-refractivity contribution in [3.05, 3.63) is 11.6 Å². The molecule has 7 atom stereocenters. The van der Waals surface area contributed by atoms with Gasteiger partial charge in [-0.1, -0.05) is 48.9 Å². The van der Waals surface area contributed by atoms with Gasteiger partial charge in [-0.2, -0.15) is 0 Å². The van der Waals surface area contributed by atoms with Crippen molar-refractivity contribution in [2.24, 2.45) is 34.5 Å². The molecule has 4 aliphatic carbocycles. The number of fused-ring (bicyclic) bond motifs is 5. The van der Waals surface area contributed by atoms with Crippen LogP contribution in [0.1, 0.15) is 72.1 Å². The average molecular weight is 426 g/mol. The Labute approximate surface area is 155 Å². The molecule has 7 unspecified atom stereocenters. The lowest BCUT2D eigenvalue weighted by molar-refractivity contribution is -0.117. The van der Waals surface area contributed by atoms with Gasteiger partial charge < -0.3 is 0 Å². The van der Waals surface area contributed by atoms with Crippen molar-refractivity contribution in [1.82, 2.24) is 0 Å². The Bertz CT molecular complexity index is 550. The molecule has 128 valence electrons. The standard InChI is InChI=1S/C21H31IO/c1-13(22)17-6-7-18-16-5-4-14-12-15(23)8-10-20(14,2)19(16)9-11-21(17,18)3/h12-13,16-19H,4-11H2,1-3H3.